The lowest BCUT2D eigenvalue weighted by Gasteiger charge is -2.39. The highest BCUT2D eigenvalue weighted by Gasteiger charge is 2.34. The van der Waals surface area contributed by atoms with Gasteiger partial charge in [-0.3, -0.25) is 19.4 Å². The van der Waals surface area contributed by atoms with Crippen LogP contribution in [0.2, 0.25) is 0 Å². The first kappa shape index (κ1) is 19.6. The molecule has 1 aromatic heterocycles. The molecular formula is C20H24N4O4. The molecule has 3 rings (SSSR count). The number of rotatable bonds is 4. The third kappa shape index (κ3) is 4.05. The number of piperazine rings is 1. The molecule has 2 N–H and O–H groups in total. The lowest BCUT2D eigenvalue weighted by Crippen LogP contribution is -2.57. The van der Waals surface area contributed by atoms with Crippen molar-refractivity contribution in [2.45, 2.75) is 39.8 Å². The monoisotopic (exact) mass is 384 g/mol. The Labute approximate surface area is 162 Å². The lowest BCUT2D eigenvalue weighted by atomic mass is 10.1. The van der Waals surface area contributed by atoms with Crippen LogP contribution in [0, 0.1) is 13.8 Å². The van der Waals surface area contributed by atoms with Gasteiger partial charge in [0.2, 0.25) is 11.8 Å². The van der Waals surface area contributed by atoms with Crippen LogP contribution in [-0.4, -0.2) is 50.7 Å². The number of nitrogens with one attached hydrogen (secondary N) is 2. The predicted molar refractivity (Wildman–Crippen MR) is 104 cm³/mol. The first-order valence-electron chi connectivity index (χ1n) is 9.22. The van der Waals surface area contributed by atoms with E-state index in [1.54, 1.807) is 18.7 Å². The number of aromatic nitrogens is 2. The van der Waals surface area contributed by atoms with Crippen molar-refractivity contribution in [3.05, 3.63) is 67.5 Å². The van der Waals surface area contributed by atoms with E-state index in [0.717, 1.165) is 11.1 Å². The van der Waals surface area contributed by atoms with E-state index < -0.39 is 17.3 Å². The van der Waals surface area contributed by atoms with Crippen molar-refractivity contribution in [2.75, 3.05) is 13.1 Å². The molecule has 148 valence electrons. The van der Waals surface area contributed by atoms with E-state index in [2.05, 4.69) is 9.97 Å². The second-order valence-electron chi connectivity index (χ2n) is 7.20. The molecule has 28 heavy (non-hydrogen) atoms. The molecule has 1 fully saturated rings. The second kappa shape index (κ2) is 7.84. The molecule has 0 bridgehead atoms. The Morgan fingerprint density at radius 3 is 2.57 bits per heavy atom. The summed E-state index contributed by atoms with van der Waals surface area (Å²) in [5, 5.41) is 0. The fourth-order valence-electron chi connectivity index (χ4n) is 3.55. The van der Waals surface area contributed by atoms with E-state index in [9.17, 15) is 19.2 Å². The third-order valence-electron chi connectivity index (χ3n) is 5.11. The Balaban J connectivity index is 1.70. The number of nitrogens with zero attached hydrogens (tertiary/aromatic N) is 2. The molecule has 0 saturated carbocycles. The van der Waals surface area contributed by atoms with Crippen LogP contribution in [-0.2, 0) is 22.6 Å². The number of aryl methyl sites for hydroxylation is 2. The van der Waals surface area contributed by atoms with E-state index in [1.807, 2.05) is 31.2 Å². The van der Waals surface area contributed by atoms with Crippen molar-refractivity contribution < 1.29 is 9.59 Å². The van der Waals surface area contributed by atoms with Crippen molar-refractivity contribution in [2.24, 2.45) is 0 Å². The van der Waals surface area contributed by atoms with Gasteiger partial charge in [0.15, 0.2) is 0 Å². The van der Waals surface area contributed by atoms with Crippen LogP contribution >= 0.6 is 0 Å². The highest BCUT2D eigenvalue weighted by molar-refractivity contribution is 5.89. The van der Waals surface area contributed by atoms with Gasteiger partial charge < -0.3 is 14.8 Å². The smallest absolute Gasteiger partial charge is 0.325 e. The Morgan fingerprint density at radius 1 is 1.14 bits per heavy atom. The summed E-state index contributed by atoms with van der Waals surface area (Å²) < 4.78 is 0. The van der Waals surface area contributed by atoms with E-state index in [1.165, 1.54) is 4.90 Å². The molecule has 0 aliphatic carbocycles. The van der Waals surface area contributed by atoms with Gasteiger partial charge in [0.05, 0.1) is 6.42 Å². The molecule has 1 aliphatic heterocycles. The number of hydrogen-bond donors (Lipinski definition) is 2. The summed E-state index contributed by atoms with van der Waals surface area (Å²) in [6, 6.07) is 7.38. The van der Waals surface area contributed by atoms with Gasteiger partial charge >= 0.3 is 5.69 Å². The van der Waals surface area contributed by atoms with Crippen molar-refractivity contribution >= 4 is 11.8 Å². The highest BCUT2D eigenvalue weighted by Crippen LogP contribution is 2.16. The third-order valence-corrected chi connectivity index (χ3v) is 5.11. The van der Waals surface area contributed by atoms with Crippen LogP contribution in [0.5, 0.6) is 0 Å². The number of carbonyl (C=O) groups is 2. The standard InChI is InChI=1S/C20H24N4O4/c1-12-5-4-6-15(9-12)11-23-7-8-24(14(3)19(23)27)17(25)10-16-13(2)21-20(28)22-18(16)26/h4-6,9,14H,7-8,10-11H2,1-3H3,(H2,21,22,26,28)/t14-/m0/s1. The average molecular weight is 384 g/mol. The van der Waals surface area contributed by atoms with E-state index in [4.69, 9.17) is 0 Å². The molecule has 2 heterocycles. The summed E-state index contributed by atoms with van der Waals surface area (Å²) in [7, 11) is 0. The molecule has 2 aromatic rings. The summed E-state index contributed by atoms with van der Waals surface area (Å²) >= 11 is 0. The Hall–Kier alpha value is -3.16. The quantitative estimate of drug-likeness (QED) is 0.800. The van der Waals surface area contributed by atoms with E-state index in [0.29, 0.717) is 25.3 Å². The molecular weight excluding hydrogens is 360 g/mol. The Bertz CT molecular complexity index is 1020. The zero-order chi connectivity index (χ0) is 20.4. The van der Waals surface area contributed by atoms with Crippen molar-refractivity contribution in [1.82, 2.24) is 19.8 Å². The van der Waals surface area contributed by atoms with Crippen molar-refractivity contribution in [1.29, 1.82) is 0 Å². The number of hydrogen-bond acceptors (Lipinski definition) is 4. The van der Waals surface area contributed by atoms with Gasteiger partial charge in [0, 0.05) is 30.9 Å². The Kier molecular flexibility index (Phi) is 5.48. The molecule has 0 radical (unpaired) electrons. The summed E-state index contributed by atoms with van der Waals surface area (Å²) in [4.78, 5) is 56.7. The van der Waals surface area contributed by atoms with Gasteiger partial charge in [-0.2, -0.15) is 0 Å². The van der Waals surface area contributed by atoms with Crippen LogP contribution in [0.3, 0.4) is 0 Å². The highest BCUT2D eigenvalue weighted by atomic mass is 16.2. The van der Waals surface area contributed by atoms with E-state index >= 15 is 0 Å². The van der Waals surface area contributed by atoms with E-state index in [-0.39, 0.29) is 23.8 Å². The van der Waals surface area contributed by atoms with Gasteiger partial charge in [-0.1, -0.05) is 29.8 Å². The van der Waals surface area contributed by atoms with Crippen LogP contribution in [0.1, 0.15) is 29.3 Å². The van der Waals surface area contributed by atoms with Gasteiger partial charge in [-0.25, -0.2) is 4.79 Å². The summed E-state index contributed by atoms with van der Waals surface area (Å²) in [5.74, 6) is -0.426. The topological polar surface area (TPSA) is 106 Å². The van der Waals surface area contributed by atoms with Crippen LogP contribution in [0.4, 0.5) is 0 Å². The zero-order valence-electron chi connectivity index (χ0n) is 16.2. The summed E-state index contributed by atoms with van der Waals surface area (Å²) in [6.07, 6.45) is -0.159. The molecule has 8 nitrogen and oxygen atoms in total. The normalized spacial score (nSPS) is 17.1. The lowest BCUT2D eigenvalue weighted by molar-refractivity contribution is -0.150. The van der Waals surface area contributed by atoms with Gasteiger partial charge in [-0.05, 0) is 26.3 Å². The van der Waals surface area contributed by atoms with Crippen LogP contribution < -0.4 is 11.2 Å². The average Bonchev–Trinajstić information content (AvgIpc) is 2.62. The minimum atomic E-state index is -0.605. The maximum Gasteiger partial charge on any atom is 0.325 e. The minimum Gasteiger partial charge on any atom is -0.335 e. The van der Waals surface area contributed by atoms with Gasteiger partial charge in [-0.15, -0.1) is 0 Å². The number of H-pyrrole nitrogens is 2. The van der Waals surface area contributed by atoms with Crippen molar-refractivity contribution in [3.8, 4) is 0 Å². The van der Waals surface area contributed by atoms with Gasteiger partial charge in [0.25, 0.3) is 5.56 Å². The zero-order valence-corrected chi connectivity index (χ0v) is 16.2. The molecule has 1 atom stereocenters. The maximum absolute atomic E-state index is 12.8. The molecule has 1 saturated heterocycles. The Morgan fingerprint density at radius 2 is 1.89 bits per heavy atom. The fourth-order valence-corrected chi connectivity index (χ4v) is 3.55. The SMILES string of the molecule is Cc1cccc(CN2CCN(C(=O)Cc3c(C)[nH]c(=O)[nH]c3=O)[C@@H](C)C2=O)c1. The predicted octanol–water partition coefficient (Wildman–Crippen LogP) is 0.482. The number of amides is 2. The molecule has 8 heteroatoms. The van der Waals surface area contributed by atoms with Gasteiger partial charge in [0.1, 0.15) is 6.04 Å². The maximum atomic E-state index is 12.8. The van der Waals surface area contributed by atoms with Crippen LogP contribution in [0.25, 0.3) is 0 Å². The summed E-state index contributed by atoms with van der Waals surface area (Å²) in [5.41, 5.74) is 1.58. The minimum absolute atomic E-state index is 0.117. The molecule has 1 aliphatic rings. The second-order valence-corrected chi connectivity index (χ2v) is 7.20. The van der Waals surface area contributed by atoms with Crippen molar-refractivity contribution in [3.63, 3.8) is 0 Å². The molecule has 1 aromatic carbocycles. The molecule has 2 amide bonds. The fraction of sp³-hybridized carbons (Fsp3) is 0.400. The largest absolute Gasteiger partial charge is 0.335 e. The molecule has 0 unspecified atom stereocenters. The number of benzene rings is 1. The first-order valence-corrected chi connectivity index (χ1v) is 9.22. The van der Waals surface area contributed by atoms with Crippen LogP contribution in [0.15, 0.2) is 33.9 Å². The molecule has 0 spiro atoms. The summed E-state index contributed by atoms with van der Waals surface area (Å²) in [6.45, 7) is 6.62. The number of carbonyl (C=O) groups excluding carboxylic acids is 2. The number of aromatic amines is 2. The first-order chi connectivity index (χ1) is 13.3.